The summed E-state index contributed by atoms with van der Waals surface area (Å²) in [5.74, 6) is 0. The van der Waals surface area contributed by atoms with E-state index in [-0.39, 0.29) is 0 Å². The average molecular weight is 215 g/mol. The summed E-state index contributed by atoms with van der Waals surface area (Å²) in [6.45, 7) is 2.38. The van der Waals surface area contributed by atoms with Gasteiger partial charge in [0.1, 0.15) is 5.15 Å². The van der Waals surface area contributed by atoms with Crippen molar-refractivity contribution in [2.75, 3.05) is 13.1 Å². The predicted octanol–water partition coefficient (Wildman–Crippen LogP) is 2.84. The Morgan fingerprint density at radius 3 is 2.69 bits per heavy atom. The second kappa shape index (κ2) is 4.31. The van der Waals surface area contributed by atoms with Gasteiger partial charge < -0.3 is 0 Å². The van der Waals surface area contributed by atoms with Crippen LogP contribution in [0.4, 0.5) is 0 Å². The topological polar surface area (TPSA) is 16.1 Å². The molecule has 0 aliphatic carbocycles. The lowest BCUT2D eigenvalue weighted by Crippen LogP contribution is -2.08. The lowest BCUT2D eigenvalue weighted by Gasteiger charge is -2.12. The SMILES string of the molecule is Clc1ccc(SN2CCCC2)cn1. The van der Waals surface area contributed by atoms with E-state index in [1.165, 1.54) is 30.8 Å². The summed E-state index contributed by atoms with van der Waals surface area (Å²) in [5.41, 5.74) is 0. The molecular weight excluding hydrogens is 204 g/mol. The minimum absolute atomic E-state index is 0.561. The Hall–Kier alpha value is -0.250. The fourth-order valence-electron chi connectivity index (χ4n) is 1.34. The van der Waals surface area contributed by atoms with Gasteiger partial charge in [0.25, 0.3) is 0 Å². The van der Waals surface area contributed by atoms with Gasteiger partial charge in [-0.25, -0.2) is 9.29 Å². The Morgan fingerprint density at radius 2 is 2.08 bits per heavy atom. The number of hydrogen-bond donors (Lipinski definition) is 0. The Bertz CT molecular complexity index is 269. The lowest BCUT2D eigenvalue weighted by atomic mass is 10.4. The van der Waals surface area contributed by atoms with E-state index in [2.05, 4.69) is 9.29 Å². The Kier molecular flexibility index (Phi) is 3.09. The van der Waals surface area contributed by atoms with Gasteiger partial charge in [0.15, 0.2) is 0 Å². The van der Waals surface area contributed by atoms with Crippen molar-refractivity contribution in [1.29, 1.82) is 0 Å². The van der Waals surface area contributed by atoms with Crippen LogP contribution in [0.1, 0.15) is 12.8 Å². The molecule has 0 bridgehead atoms. The first-order chi connectivity index (χ1) is 6.34. The maximum Gasteiger partial charge on any atom is 0.129 e. The molecular formula is C9H11ClN2S. The summed E-state index contributed by atoms with van der Waals surface area (Å²) in [7, 11) is 0. The van der Waals surface area contributed by atoms with Crippen molar-refractivity contribution in [2.24, 2.45) is 0 Å². The van der Waals surface area contributed by atoms with Gasteiger partial charge in [-0.3, -0.25) is 0 Å². The van der Waals surface area contributed by atoms with E-state index in [0.29, 0.717) is 5.15 Å². The minimum atomic E-state index is 0.561. The van der Waals surface area contributed by atoms with Gasteiger partial charge in [0.05, 0.1) is 0 Å². The second-order valence-electron chi connectivity index (χ2n) is 3.04. The van der Waals surface area contributed by atoms with E-state index >= 15 is 0 Å². The number of nitrogens with zero attached hydrogens (tertiary/aromatic N) is 2. The summed E-state index contributed by atoms with van der Waals surface area (Å²) in [4.78, 5) is 5.21. The third-order valence-corrected chi connectivity index (χ3v) is 3.30. The molecule has 0 radical (unpaired) electrons. The highest BCUT2D eigenvalue weighted by Gasteiger charge is 2.12. The molecule has 4 heteroatoms. The highest BCUT2D eigenvalue weighted by atomic mass is 35.5. The van der Waals surface area contributed by atoms with Gasteiger partial charge in [-0.05, 0) is 36.9 Å². The van der Waals surface area contributed by atoms with Crippen molar-refractivity contribution >= 4 is 23.5 Å². The van der Waals surface area contributed by atoms with Crippen LogP contribution >= 0.6 is 23.5 Å². The lowest BCUT2D eigenvalue weighted by molar-refractivity contribution is 0.586. The molecule has 0 atom stereocenters. The van der Waals surface area contributed by atoms with E-state index in [1.54, 1.807) is 11.9 Å². The van der Waals surface area contributed by atoms with Crippen molar-refractivity contribution < 1.29 is 0 Å². The maximum atomic E-state index is 5.69. The molecule has 2 nitrogen and oxygen atoms in total. The maximum absolute atomic E-state index is 5.69. The van der Waals surface area contributed by atoms with E-state index in [0.717, 1.165) is 0 Å². The number of rotatable bonds is 2. The van der Waals surface area contributed by atoms with Crippen LogP contribution in [0.5, 0.6) is 0 Å². The molecule has 0 N–H and O–H groups in total. The third kappa shape index (κ3) is 2.59. The zero-order valence-corrected chi connectivity index (χ0v) is 8.81. The van der Waals surface area contributed by atoms with Crippen LogP contribution in [0.25, 0.3) is 0 Å². The average Bonchev–Trinajstić information content (AvgIpc) is 2.62. The van der Waals surface area contributed by atoms with Crippen molar-refractivity contribution in [1.82, 2.24) is 9.29 Å². The largest absolute Gasteiger partial charge is 0.246 e. The van der Waals surface area contributed by atoms with Crippen LogP contribution in [0.15, 0.2) is 23.2 Å². The van der Waals surface area contributed by atoms with Gasteiger partial charge in [0, 0.05) is 24.2 Å². The normalized spacial score (nSPS) is 17.9. The van der Waals surface area contributed by atoms with Crippen LogP contribution in [0.2, 0.25) is 5.15 Å². The van der Waals surface area contributed by atoms with E-state index < -0.39 is 0 Å². The molecule has 0 spiro atoms. The summed E-state index contributed by atoms with van der Waals surface area (Å²) in [6.07, 6.45) is 4.45. The molecule has 2 heterocycles. The smallest absolute Gasteiger partial charge is 0.129 e. The first-order valence-corrected chi connectivity index (χ1v) is 5.54. The van der Waals surface area contributed by atoms with Crippen LogP contribution in [-0.2, 0) is 0 Å². The van der Waals surface area contributed by atoms with Crippen LogP contribution < -0.4 is 0 Å². The molecule has 1 fully saturated rings. The molecule has 2 rings (SSSR count). The molecule has 0 aromatic carbocycles. The molecule has 1 aromatic heterocycles. The number of pyridine rings is 1. The molecule has 70 valence electrons. The summed E-state index contributed by atoms with van der Waals surface area (Å²) < 4.78 is 2.37. The first-order valence-electron chi connectivity index (χ1n) is 4.39. The zero-order chi connectivity index (χ0) is 9.10. The third-order valence-electron chi connectivity index (χ3n) is 2.00. The Morgan fingerprint density at radius 1 is 1.31 bits per heavy atom. The molecule has 0 saturated carbocycles. The van der Waals surface area contributed by atoms with Gasteiger partial charge in [-0.1, -0.05) is 11.6 Å². The summed E-state index contributed by atoms with van der Waals surface area (Å²) in [5, 5.41) is 0.561. The van der Waals surface area contributed by atoms with Crippen molar-refractivity contribution in [3.63, 3.8) is 0 Å². The fraction of sp³-hybridized carbons (Fsp3) is 0.444. The van der Waals surface area contributed by atoms with E-state index in [1.807, 2.05) is 18.3 Å². The van der Waals surface area contributed by atoms with Crippen molar-refractivity contribution in [2.45, 2.75) is 17.7 Å². The van der Waals surface area contributed by atoms with Gasteiger partial charge >= 0.3 is 0 Å². The Balaban J connectivity index is 1.97. The monoisotopic (exact) mass is 214 g/mol. The van der Waals surface area contributed by atoms with Crippen LogP contribution in [0, 0.1) is 0 Å². The molecule has 13 heavy (non-hydrogen) atoms. The molecule has 1 aromatic rings. The first kappa shape index (κ1) is 9.31. The number of halogens is 1. The van der Waals surface area contributed by atoms with Gasteiger partial charge in [-0.2, -0.15) is 0 Å². The zero-order valence-electron chi connectivity index (χ0n) is 7.24. The fourth-order valence-corrected chi connectivity index (χ4v) is 2.42. The standard InChI is InChI=1S/C9H11ClN2S/c10-9-4-3-8(7-11-9)13-12-5-1-2-6-12/h3-4,7H,1-2,5-6H2. The summed E-state index contributed by atoms with van der Waals surface area (Å²) >= 11 is 7.47. The van der Waals surface area contributed by atoms with Crippen molar-refractivity contribution in [3.8, 4) is 0 Å². The van der Waals surface area contributed by atoms with Gasteiger partial charge in [0.2, 0.25) is 0 Å². The second-order valence-corrected chi connectivity index (χ2v) is 4.60. The number of hydrogen-bond acceptors (Lipinski definition) is 3. The quantitative estimate of drug-likeness (QED) is 0.557. The van der Waals surface area contributed by atoms with Crippen molar-refractivity contribution in [3.05, 3.63) is 23.5 Å². The predicted molar refractivity (Wildman–Crippen MR) is 55.9 cm³/mol. The molecule has 1 aliphatic rings. The Labute approximate surface area is 87.4 Å². The van der Waals surface area contributed by atoms with E-state index in [9.17, 15) is 0 Å². The highest BCUT2D eigenvalue weighted by Crippen LogP contribution is 2.26. The molecule has 0 unspecified atom stereocenters. The van der Waals surface area contributed by atoms with Gasteiger partial charge in [-0.15, -0.1) is 0 Å². The summed E-state index contributed by atoms with van der Waals surface area (Å²) in [6, 6.07) is 3.85. The van der Waals surface area contributed by atoms with Crippen LogP contribution in [0.3, 0.4) is 0 Å². The molecule has 1 aliphatic heterocycles. The minimum Gasteiger partial charge on any atom is -0.246 e. The van der Waals surface area contributed by atoms with Crippen LogP contribution in [-0.4, -0.2) is 22.4 Å². The molecule has 1 saturated heterocycles. The highest BCUT2D eigenvalue weighted by molar-refractivity contribution is 7.97. The number of aromatic nitrogens is 1. The molecule has 0 amide bonds. The van der Waals surface area contributed by atoms with E-state index in [4.69, 9.17) is 11.6 Å².